The van der Waals surface area contributed by atoms with Crippen LogP contribution in [0.2, 0.25) is 0 Å². The zero-order chi connectivity index (χ0) is 19.5. The maximum Gasteiger partial charge on any atom is 0.225 e. The van der Waals surface area contributed by atoms with Gasteiger partial charge in [-0.15, -0.1) is 0 Å². The molecule has 0 bridgehead atoms. The second-order valence-corrected chi connectivity index (χ2v) is 8.65. The number of methoxy groups -OCH3 is 1. The van der Waals surface area contributed by atoms with Crippen LogP contribution in [-0.2, 0) is 22.2 Å². The van der Waals surface area contributed by atoms with Crippen LogP contribution in [0.4, 0.5) is 5.82 Å². The Bertz CT molecular complexity index is 764. The largest absolute Gasteiger partial charge is 0.497 e. The van der Waals surface area contributed by atoms with Crippen molar-refractivity contribution in [2.45, 2.75) is 65.3 Å². The first kappa shape index (κ1) is 20.0. The van der Waals surface area contributed by atoms with Gasteiger partial charge in [-0.1, -0.05) is 32.9 Å². The van der Waals surface area contributed by atoms with Crippen LogP contribution in [0.3, 0.4) is 0 Å². The van der Waals surface area contributed by atoms with E-state index in [-0.39, 0.29) is 16.9 Å². The highest BCUT2D eigenvalue weighted by atomic mass is 16.5. The first-order valence-corrected chi connectivity index (χ1v) is 9.04. The number of nitrogens with zero attached hydrogens (tertiary/aromatic N) is 2. The number of aromatic nitrogens is 2. The van der Waals surface area contributed by atoms with Gasteiger partial charge in [-0.3, -0.25) is 4.79 Å². The third kappa shape index (κ3) is 5.10. The molecule has 1 N–H and O–H groups in total. The molecule has 2 aromatic rings. The summed E-state index contributed by atoms with van der Waals surface area (Å²) < 4.78 is 7.13. The SMILES string of the molecule is COc1cccc(CCC(=O)Nc2cc(C(C)(C)C)nn2C(C)(C)C)c1. The second-order valence-electron chi connectivity index (χ2n) is 8.65. The van der Waals surface area contributed by atoms with E-state index in [2.05, 4.69) is 46.9 Å². The maximum absolute atomic E-state index is 12.5. The summed E-state index contributed by atoms with van der Waals surface area (Å²) in [5.41, 5.74) is 1.77. The summed E-state index contributed by atoms with van der Waals surface area (Å²) in [4.78, 5) is 12.5. The third-order valence-corrected chi connectivity index (χ3v) is 4.16. The fourth-order valence-corrected chi connectivity index (χ4v) is 2.64. The van der Waals surface area contributed by atoms with Gasteiger partial charge in [0.2, 0.25) is 5.91 Å². The molecule has 5 nitrogen and oxygen atoms in total. The topological polar surface area (TPSA) is 56.1 Å². The first-order chi connectivity index (χ1) is 12.0. The number of amides is 1. The molecule has 1 aromatic carbocycles. The predicted octanol–water partition coefficient (Wildman–Crippen LogP) is 4.52. The Morgan fingerprint density at radius 1 is 1.15 bits per heavy atom. The molecule has 5 heteroatoms. The Morgan fingerprint density at radius 3 is 2.42 bits per heavy atom. The fourth-order valence-electron chi connectivity index (χ4n) is 2.64. The van der Waals surface area contributed by atoms with Gasteiger partial charge in [-0.05, 0) is 44.9 Å². The molecule has 2 rings (SSSR count). The molecule has 0 saturated carbocycles. The van der Waals surface area contributed by atoms with Gasteiger partial charge in [-0.2, -0.15) is 5.10 Å². The minimum Gasteiger partial charge on any atom is -0.497 e. The van der Waals surface area contributed by atoms with E-state index >= 15 is 0 Å². The van der Waals surface area contributed by atoms with Gasteiger partial charge in [0.15, 0.2) is 0 Å². The Hall–Kier alpha value is -2.30. The Morgan fingerprint density at radius 2 is 1.85 bits per heavy atom. The molecular formula is C21H31N3O2. The summed E-state index contributed by atoms with van der Waals surface area (Å²) in [5, 5.41) is 7.77. The quantitative estimate of drug-likeness (QED) is 0.856. The molecule has 0 spiro atoms. The van der Waals surface area contributed by atoms with Crippen LogP contribution in [0.5, 0.6) is 5.75 Å². The lowest BCUT2D eigenvalue weighted by atomic mass is 9.92. The molecule has 1 amide bonds. The summed E-state index contributed by atoms with van der Waals surface area (Å²) in [6.07, 6.45) is 1.08. The number of hydrogen-bond donors (Lipinski definition) is 1. The molecule has 142 valence electrons. The second kappa shape index (κ2) is 7.52. The molecule has 0 atom stereocenters. The van der Waals surface area contributed by atoms with E-state index in [1.54, 1.807) is 7.11 Å². The minimum atomic E-state index is -0.209. The average Bonchev–Trinajstić information content (AvgIpc) is 2.97. The van der Waals surface area contributed by atoms with Gasteiger partial charge in [0.05, 0.1) is 18.3 Å². The lowest BCUT2D eigenvalue weighted by Crippen LogP contribution is -2.27. The van der Waals surface area contributed by atoms with Crippen LogP contribution in [-0.4, -0.2) is 22.8 Å². The van der Waals surface area contributed by atoms with Crippen molar-refractivity contribution in [1.82, 2.24) is 9.78 Å². The Kier molecular flexibility index (Phi) is 5.79. The van der Waals surface area contributed by atoms with Gasteiger partial charge in [0.25, 0.3) is 0 Å². The fraction of sp³-hybridized carbons (Fsp3) is 0.524. The van der Waals surface area contributed by atoms with Crippen LogP contribution < -0.4 is 10.1 Å². The number of carbonyl (C=O) groups is 1. The van der Waals surface area contributed by atoms with Crippen LogP contribution in [0, 0.1) is 0 Å². The summed E-state index contributed by atoms with van der Waals surface area (Å²) in [6.45, 7) is 12.6. The molecule has 1 heterocycles. The van der Waals surface area contributed by atoms with Crippen molar-refractivity contribution in [2.24, 2.45) is 0 Å². The van der Waals surface area contributed by atoms with Gasteiger partial charge >= 0.3 is 0 Å². The van der Waals surface area contributed by atoms with Crippen molar-refractivity contribution >= 4 is 11.7 Å². The number of carbonyl (C=O) groups excluding carboxylic acids is 1. The van der Waals surface area contributed by atoms with Gasteiger partial charge in [-0.25, -0.2) is 4.68 Å². The first-order valence-electron chi connectivity index (χ1n) is 9.04. The highest BCUT2D eigenvalue weighted by Gasteiger charge is 2.25. The Labute approximate surface area is 156 Å². The highest BCUT2D eigenvalue weighted by Crippen LogP contribution is 2.28. The molecule has 0 unspecified atom stereocenters. The van der Waals surface area contributed by atoms with E-state index in [9.17, 15) is 4.79 Å². The van der Waals surface area contributed by atoms with Crippen LogP contribution in [0.1, 0.15) is 59.2 Å². The summed E-state index contributed by atoms with van der Waals surface area (Å²) in [6, 6.07) is 9.79. The van der Waals surface area contributed by atoms with Crippen molar-refractivity contribution in [2.75, 3.05) is 12.4 Å². The minimum absolute atomic E-state index is 0.0151. The van der Waals surface area contributed by atoms with E-state index in [4.69, 9.17) is 9.84 Å². The summed E-state index contributed by atoms with van der Waals surface area (Å²) in [7, 11) is 1.65. The van der Waals surface area contributed by atoms with Gasteiger partial charge in [0.1, 0.15) is 11.6 Å². The van der Waals surface area contributed by atoms with Gasteiger partial charge in [0, 0.05) is 17.9 Å². The predicted molar refractivity (Wildman–Crippen MR) is 106 cm³/mol. The standard InChI is InChI=1S/C21H31N3O2/c1-20(2,3)17-14-18(24(23-17)21(4,5)6)22-19(25)12-11-15-9-8-10-16(13-15)26-7/h8-10,13-14H,11-12H2,1-7H3,(H,22,25). The lowest BCUT2D eigenvalue weighted by Gasteiger charge is -2.23. The lowest BCUT2D eigenvalue weighted by molar-refractivity contribution is -0.116. The highest BCUT2D eigenvalue weighted by molar-refractivity contribution is 5.90. The van der Waals surface area contributed by atoms with Crippen molar-refractivity contribution in [3.8, 4) is 5.75 Å². The van der Waals surface area contributed by atoms with Crippen LogP contribution in [0.15, 0.2) is 30.3 Å². The molecule has 0 aliphatic rings. The number of benzene rings is 1. The summed E-state index contributed by atoms with van der Waals surface area (Å²) >= 11 is 0. The molecule has 1 aromatic heterocycles. The van der Waals surface area contributed by atoms with E-state index in [0.717, 1.165) is 22.8 Å². The number of ether oxygens (including phenoxy) is 1. The number of nitrogens with one attached hydrogen (secondary N) is 1. The molecule has 0 aliphatic heterocycles. The number of aryl methyl sites for hydroxylation is 1. The zero-order valence-corrected chi connectivity index (χ0v) is 17.0. The van der Waals surface area contributed by atoms with Crippen molar-refractivity contribution in [3.63, 3.8) is 0 Å². The van der Waals surface area contributed by atoms with E-state index < -0.39 is 0 Å². The van der Waals surface area contributed by atoms with Crippen molar-refractivity contribution in [3.05, 3.63) is 41.6 Å². The number of hydrogen-bond acceptors (Lipinski definition) is 3. The van der Waals surface area contributed by atoms with Crippen molar-refractivity contribution < 1.29 is 9.53 Å². The van der Waals surface area contributed by atoms with Gasteiger partial charge < -0.3 is 10.1 Å². The number of rotatable bonds is 5. The molecule has 0 fully saturated rings. The molecular weight excluding hydrogens is 326 g/mol. The third-order valence-electron chi connectivity index (χ3n) is 4.16. The van der Waals surface area contributed by atoms with Crippen LogP contribution >= 0.6 is 0 Å². The monoisotopic (exact) mass is 357 g/mol. The molecule has 0 radical (unpaired) electrons. The van der Waals surface area contributed by atoms with E-state index in [1.165, 1.54) is 0 Å². The van der Waals surface area contributed by atoms with Crippen molar-refractivity contribution in [1.29, 1.82) is 0 Å². The zero-order valence-electron chi connectivity index (χ0n) is 17.0. The molecule has 0 aliphatic carbocycles. The summed E-state index contributed by atoms with van der Waals surface area (Å²) in [5.74, 6) is 1.54. The average molecular weight is 357 g/mol. The molecule has 26 heavy (non-hydrogen) atoms. The van der Waals surface area contributed by atoms with E-state index in [0.29, 0.717) is 12.8 Å². The Balaban J connectivity index is 2.11. The maximum atomic E-state index is 12.5. The smallest absolute Gasteiger partial charge is 0.225 e. The van der Waals surface area contributed by atoms with Crippen LogP contribution in [0.25, 0.3) is 0 Å². The normalized spacial score (nSPS) is 12.1. The number of anilines is 1. The van der Waals surface area contributed by atoms with E-state index in [1.807, 2.05) is 35.0 Å². The molecule has 0 saturated heterocycles.